The first-order valence-corrected chi connectivity index (χ1v) is 6.49. The maximum atomic E-state index is 11.2. The monoisotopic (exact) mass is 242 g/mol. The number of rotatable bonds is 6. The van der Waals surface area contributed by atoms with Gasteiger partial charge in [-0.25, -0.2) is 0 Å². The molecule has 1 amide bonds. The third-order valence-electron chi connectivity index (χ3n) is 3.26. The molecule has 0 aromatic heterocycles. The van der Waals surface area contributed by atoms with Gasteiger partial charge in [-0.05, 0) is 21.0 Å². The van der Waals surface area contributed by atoms with E-state index >= 15 is 0 Å². The highest BCUT2D eigenvalue weighted by Gasteiger charge is 2.21. The van der Waals surface area contributed by atoms with Crippen LogP contribution in [0.3, 0.4) is 0 Å². The van der Waals surface area contributed by atoms with Gasteiger partial charge in [0, 0.05) is 51.7 Å². The van der Waals surface area contributed by atoms with Gasteiger partial charge in [0.1, 0.15) is 0 Å². The van der Waals surface area contributed by atoms with E-state index in [0.29, 0.717) is 12.5 Å². The molecule has 0 radical (unpaired) electrons. The van der Waals surface area contributed by atoms with Crippen molar-refractivity contribution in [2.24, 2.45) is 0 Å². The highest BCUT2D eigenvalue weighted by atomic mass is 16.1. The van der Waals surface area contributed by atoms with E-state index in [4.69, 9.17) is 0 Å². The summed E-state index contributed by atoms with van der Waals surface area (Å²) in [5.41, 5.74) is 0. The van der Waals surface area contributed by atoms with Crippen molar-refractivity contribution in [2.75, 3.05) is 53.4 Å². The zero-order chi connectivity index (χ0) is 12.7. The van der Waals surface area contributed by atoms with Gasteiger partial charge in [-0.2, -0.15) is 0 Å². The summed E-state index contributed by atoms with van der Waals surface area (Å²) in [5.74, 6) is 0.133. The molecular formula is C12H26N4O. The number of amides is 1. The molecular weight excluding hydrogens is 216 g/mol. The normalized spacial score (nSPS) is 22.6. The molecule has 1 unspecified atom stereocenters. The quantitative estimate of drug-likeness (QED) is 0.608. The van der Waals surface area contributed by atoms with Crippen molar-refractivity contribution < 1.29 is 4.79 Å². The molecule has 1 heterocycles. The third kappa shape index (κ3) is 5.48. The van der Waals surface area contributed by atoms with E-state index in [0.717, 1.165) is 39.3 Å². The minimum absolute atomic E-state index is 0.133. The lowest BCUT2D eigenvalue weighted by atomic mass is 10.2. The summed E-state index contributed by atoms with van der Waals surface area (Å²) >= 11 is 0. The first-order chi connectivity index (χ1) is 8.13. The maximum absolute atomic E-state index is 11.2. The van der Waals surface area contributed by atoms with Gasteiger partial charge in [0.05, 0.1) is 0 Å². The molecule has 0 aliphatic carbocycles. The van der Waals surface area contributed by atoms with E-state index in [-0.39, 0.29) is 5.91 Å². The number of likely N-dealkylation sites (N-methyl/N-ethyl adjacent to an activating group) is 2. The van der Waals surface area contributed by atoms with Crippen LogP contribution >= 0.6 is 0 Å². The van der Waals surface area contributed by atoms with Crippen LogP contribution in [0.15, 0.2) is 0 Å². The van der Waals surface area contributed by atoms with Crippen molar-refractivity contribution in [3.05, 3.63) is 0 Å². The van der Waals surface area contributed by atoms with Crippen molar-refractivity contribution in [3.8, 4) is 0 Å². The molecule has 1 fully saturated rings. The van der Waals surface area contributed by atoms with Crippen LogP contribution in [0.4, 0.5) is 0 Å². The summed E-state index contributed by atoms with van der Waals surface area (Å²) in [5, 5.41) is 6.17. The number of carbonyl (C=O) groups is 1. The van der Waals surface area contributed by atoms with Crippen LogP contribution in [-0.4, -0.2) is 75.1 Å². The van der Waals surface area contributed by atoms with Gasteiger partial charge in [0.15, 0.2) is 0 Å². The molecule has 1 atom stereocenters. The van der Waals surface area contributed by atoms with E-state index in [2.05, 4.69) is 34.5 Å². The van der Waals surface area contributed by atoms with Crippen molar-refractivity contribution in [1.82, 2.24) is 20.4 Å². The molecule has 1 rings (SSSR count). The van der Waals surface area contributed by atoms with Crippen LogP contribution in [0.1, 0.15) is 13.3 Å². The maximum Gasteiger partial charge on any atom is 0.221 e. The smallest absolute Gasteiger partial charge is 0.221 e. The third-order valence-corrected chi connectivity index (χ3v) is 3.26. The van der Waals surface area contributed by atoms with Crippen LogP contribution in [0.5, 0.6) is 0 Å². The molecule has 0 bridgehead atoms. The summed E-state index contributed by atoms with van der Waals surface area (Å²) in [6.45, 7) is 7.75. The SMILES string of the molecule is CCNC(=O)CCNCC1CN(C)CCN1C. The van der Waals surface area contributed by atoms with Gasteiger partial charge in [0.25, 0.3) is 0 Å². The lowest BCUT2D eigenvalue weighted by Gasteiger charge is -2.37. The van der Waals surface area contributed by atoms with Crippen molar-refractivity contribution in [1.29, 1.82) is 0 Å². The second kappa shape index (κ2) is 7.63. The molecule has 17 heavy (non-hydrogen) atoms. The molecule has 2 N–H and O–H groups in total. The summed E-state index contributed by atoms with van der Waals surface area (Å²) in [4.78, 5) is 16.0. The summed E-state index contributed by atoms with van der Waals surface area (Å²) in [7, 11) is 4.33. The number of hydrogen-bond acceptors (Lipinski definition) is 4. The minimum atomic E-state index is 0.133. The van der Waals surface area contributed by atoms with E-state index in [1.807, 2.05) is 6.92 Å². The van der Waals surface area contributed by atoms with E-state index in [9.17, 15) is 4.79 Å². The first-order valence-electron chi connectivity index (χ1n) is 6.49. The van der Waals surface area contributed by atoms with Crippen LogP contribution in [0, 0.1) is 0 Å². The molecule has 0 aromatic rings. The van der Waals surface area contributed by atoms with Gasteiger partial charge < -0.3 is 15.5 Å². The molecule has 1 aliphatic rings. The molecule has 0 spiro atoms. The zero-order valence-electron chi connectivity index (χ0n) is 11.3. The second-order valence-electron chi connectivity index (χ2n) is 4.80. The Labute approximate surface area is 105 Å². The number of carbonyl (C=O) groups excluding carboxylic acids is 1. The number of nitrogens with zero attached hydrogens (tertiary/aromatic N) is 2. The predicted octanol–water partition coefficient (Wildman–Crippen LogP) is -0.652. The Morgan fingerprint density at radius 2 is 2.12 bits per heavy atom. The predicted molar refractivity (Wildman–Crippen MR) is 70.1 cm³/mol. The lowest BCUT2D eigenvalue weighted by Crippen LogP contribution is -2.53. The van der Waals surface area contributed by atoms with Gasteiger partial charge >= 0.3 is 0 Å². The largest absolute Gasteiger partial charge is 0.356 e. The van der Waals surface area contributed by atoms with E-state index in [1.165, 1.54) is 0 Å². The highest BCUT2D eigenvalue weighted by molar-refractivity contribution is 5.75. The Balaban J connectivity index is 2.11. The summed E-state index contributed by atoms with van der Waals surface area (Å²) < 4.78 is 0. The summed E-state index contributed by atoms with van der Waals surface area (Å²) in [6, 6.07) is 0.558. The van der Waals surface area contributed by atoms with Crippen LogP contribution in [-0.2, 0) is 4.79 Å². The van der Waals surface area contributed by atoms with Crippen LogP contribution in [0.2, 0.25) is 0 Å². The van der Waals surface area contributed by atoms with E-state index in [1.54, 1.807) is 0 Å². The second-order valence-corrected chi connectivity index (χ2v) is 4.80. The Hall–Kier alpha value is -0.650. The van der Waals surface area contributed by atoms with Crippen molar-refractivity contribution in [2.45, 2.75) is 19.4 Å². The summed E-state index contributed by atoms with van der Waals surface area (Å²) in [6.07, 6.45) is 0.570. The molecule has 1 saturated heterocycles. The van der Waals surface area contributed by atoms with E-state index < -0.39 is 0 Å². The minimum Gasteiger partial charge on any atom is -0.356 e. The Morgan fingerprint density at radius 3 is 2.82 bits per heavy atom. The van der Waals surface area contributed by atoms with Gasteiger partial charge in [-0.1, -0.05) is 0 Å². The van der Waals surface area contributed by atoms with Crippen molar-refractivity contribution >= 4 is 5.91 Å². The fourth-order valence-electron chi connectivity index (χ4n) is 2.08. The Kier molecular flexibility index (Phi) is 6.47. The highest BCUT2D eigenvalue weighted by Crippen LogP contribution is 2.04. The van der Waals surface area contributed by atoms with Gasteiger partial charge in [0.2, 0.25) is 5.91 Å². The fourth-order valence-corrected chi connectivity index (χ4v) is 2.08. The molecule has 100 valence electrons. The Morgan fingerprint density at radius 1 is 1.35 bits per heavy atom. The standard InChI is InChI=1S/C12H26N4O/c1-4-14-12(17)5-6-13-9-11-10-15(2)7-8-16(11)3/h11,13H,4-10H2,1-3H3,(H,14,17). The average molecular weight is 242 g/mol. The molecule has 5 nitrogen and oxygen atoms in total. The zero-order valence-corrected chi connectivity index (χ0v) is 11.3. The number of nitrogens with one attached hydrogen (secondary N) is 2. The first kappa shape index (κ1) is 14.4. The molecule has 5 heteroatoms. The number of piperazine rings is 1. The molecule has 0 aromatic carbocycles. The number of hydrogen-bond donors (Lipinski definition) is 2. The van der Waals surface area contributed by atoms with Gasteiger partial charge in [-0.15, -0.1) is 0 Å². The average Bonchev–Trinajstić information content (AvgIpc) is 2.29. The molecule has 0 saturated carbocycles. The van der Waals surface area contributed by atoms with Crippen molar-refractivity contribution in [3.63, 3.8) is 0 Å². The van der Waals surface area contributed by atoms with Gasteiger partial charge in [-0.3, -0.25) is 9.69 Å². The Bertz CT molecular complexity index is 235. The van der Waals surface area contributed by atoms with Crippen LogP contribution < -0.4 is 10.6 Å². The molecule has 1 aliphatic heterocycles. The lowest BCUT2D eigenvalue weighted by molar-refractivity contribution is -0.120. The topological polar surface area (TPSA) is 47.6 Å². The van der Waals surface area contributed by atoms with Crippen LogP contribution in [0.25, 0.3) is 0 Å². The fraction of sp³-hybridized carbons (Fsp3) is 0.917.